The Balaban J connectivity index is 1.82. The highest BCUT2D eigenvalue weighted by atomic mass is 35.5. The van der Waals surface area contributed by atoms with Crippen molar-refractivity contribution >= 4 is 46.7 Å². The maximum absolute atomic E-state index is 13.7. The molecule has 4 aliphatic carbocycles. The molecule has 8 atom stereocenters. The van der Waals surface area contributed by atoms with Crippen LogP contribution < -0.4 is 0 Å². The summed E-state index contributed by atoms with van der Waals surface area (Å²) in [6, 6.07) is 0. The molecule has 3 saturated carbocycles. The summed E-state index contributed by atoms with van der Waals surface area (Å²) in [6.45, 7) is 7.99. The van der Waals surface area contributed by atoms with Gasteiger partial charge in [-0.2, -0.15) is 0 Å². The lowest BCUT2D eigenvalue weighted by Gasteiger charge is -2.64. The van der Waals surface area contributed by atoms with Gasteiger partial charge in [0.15, 0.2) is 18.0 Å². The van der Waals surface area contributed by atoms with E-state index < -0.39 is 51.0 Å². The minimum Gasteiger partial charge on any atom is -0.458 e. The first-order valence-electron chi connectivity index (χ1n) is 11.9. The number of ether oxygens (including phenoxy) is 2. The van der Waals surface area contributed by atoms with E-state index in [1.165, 1.54) is 13.8 Å². The lowest BCUT2D eigenvalue weighted by Crippen LogP contribution is -2.68. The molecule has 4 rings (SSSR count). The number of carbonyl (C=O) groups is 4. The summed E-state index contributed by atoms with van der Waals surface area (Å²) in [5.41, 5.74) is -1.88. The summed E-state index contributed by atoms with van der Waals surface area (Å²) in [4.78, 5) is 48.7. The number of ketones is 2. The largest absolute Gasteiger partial charge is 0.458 e. The van der Waals surface area contributed by atoms with Crippen LogP contribution in [0.25, 0.3) is 0 Å². The molecule has 0 aromatic carbocycles. The summed E-state index contributed by atoms with van der Waals surface area (Å²) in [5, 5.41) is -0.561. The predicted octanol–water partition coefficient (Wildman–Crippen LogP) is 4.55. The molecule has 0 aromatic rings. The number of allylic oxidation sites excluding steroid dienone is 4. The van der Waals surface area contributed by atoms with Gasteiger partial charge in [-0.1, -0.05) is 32.4 Å². The van der Waals surface area contributed by atoms with Crippen LogP contribution in [0.15, 0.2) is 23.8 Å². The van der Waals surface area contributed by atoms with Gasteiger partial charge in [0.1, 0.15) is 0 Å². The highest BCUT2D eigenvalue weighted by molar-refractivity contribution is 6.34. The molecule has 34 heavy (non-hydrogen) atoms. The average molecular weight is 511 g/mol. The Kier molecular flexibility index (Phi) is 6.13. The third kappa shape index (κ3) is 3.20. The van der Waals surface area contributed by atoms with Crippen LogP contribution in [0.3, 0.4) is 0 Å². The SMILES string of the molecule is CC(=O)OCC(=O)[C@@]1(OC(C)=O)[C@H](C)C[C@H]2[C@@H]3CCC4=CC(=O)C=C[C@]4(C)[C@@]3(Cl)[C@@H](Cl)C[C@@]21C. The van der Waals surface area contributed by atoms with Crippen molar-refractivity contribution in [1.82, 2.24) is 0 Å². The van der Waals surface area contributed by atoms with Crippen LogP contribution >= 0.6 is 23.2 Å². The standard InChI is InChI=1S/C26H32Cl2O6/c1-14-10-20-19-7-6-17-11-18(31)8-9-23(17,4)25(19,28)21(27)12-24(20,5)26(14,34-16(3)30)22(32)13-33-15(2)29/h8-9,11,14,19-21H,6-7,10,12-13H2,1-5H3/t14-,19+,20+,21+,23+,24+,25+,26+/m1/s1. The normalized spacial score (nSPS) is 44.9. The molecule has 0 radical (unpaired) electrons. The third-order valence-electron chi connectivity index (χ3n) is 9.26. The number of hydrogen-bond donors (Lipinski definition) is 0. The van der Waals surface area contributed by atoms with Crippen LogP contribution in [0.1, 0.15) is 60.3 Å². The Morgan fingerprint density at radius 1 is 1.15 bits per heavy atom. The van der Waals surface area contributed by atoms with Crippen LogP contribution in [-0.4, -0.2) is 46.0 Å². The van der Waals surface area contributed by atoms with Crippen molar-refractivity contribution in [3.8, 4) is 0 Å². The summed E-state index contributed by atoms with van der Waals surface area (Å²) in [5.74, 6) is -2.05. The van der Waals surface area contributed by atoms with Crippen LogP contribution in [0.2, 0.25) is 0 Å². The first-order chi connectivity index (χ1) is 15.7. The molecule has 0 N–H and O–H groups in total. The Bertz CT molecular complexity index is 1020. The molecule has 0 amide bonds. The molecule has 0 unspecified atom stereocenters. The van der Waals surface area contributed by atoms with Crippen molar-refractivity contribution in [3.63, 3.8) is 0 Å². The van der Waals surface area contributed by atoms with Gasteiger partial charge in [0.2, 0.25) is 5.78 Å². The van der Waals surface area contributed by atoms with E-state index in [0.29, 0.717) is 19.3 Å². The molecule has 3 fully saturated rings. The first kappa shape index (κ1) is 25.4. The van der Waals surface area contributed by atoms with E-state index in [2.05, 4.69) is 0 Å². The van der Waals surface area contributed by atoms with Crippen molar-refractivity contribution in [2.24, 2.45) is 28.6 Å². The van der Waals surface area contributed by atoms with E-state index >= 15 is 0 Å². The number of hydrogen-bond acceptors (Lipinski definition) is 6. The number of Topliss-reactive ketones (excluding diaryl/α,β-unsaturated/α-hetero) is 1. The lowest BCUT2D eigenvalue weighted by atomic mass is 9.46. The lowest BCUT2D eigenvalue weighted by molar-refractivity contribution is -0.194. The number of rotatable bonds is 4. The zero-order chi connectivity index (χ0) is 25.3. The van der Waals surface area contributed by atoms with E-state index in [0.717, 1.165) is 12.0 Å². The maximum atomic E-state index is 13.7. The van der Waals surface area contributed by atoms with Crippen LogP contribution in [0.4, 0.5) is 0 Å². The second kappa shape index (κ2) is 8.19. The van der Waals surface area contributed by atoms with E-state index in [1.54, 1.807) is 12.2 Å². The summed E-state index contributed by atoms with van der Waals surface area (Å²) >= 11 is 14.7. The first-order valence-corrected chi connectivity index (χ1v) is 12.7. The number of alkyl halides is 2. The fraction of sp³-hybridized carbons (Fsp3) is 0.692. The van der Waals surface area contributed by atoms with Gasteiger partial charge in [-0.15, -0.1) is 23.2 Å². The fourth-order valence-corrected chi connectivity index (χ4v) is 9.07. The van der Waals surface area contributed by atoms with Gasteiger partial charge in [0.25, 0.3) is 0 Å². The Morgan fingerprint density at radius 2 is 1.82 bits per heavy atom. The van der Waals surface area contributed by atoms with Gasteiger partial charge in [-0.25, -0.2) is 0 Å². The second-order valence-electron chi connectivity index (χ2n) is 10.9. The van der Waals surface area contributed by atoms with Crippen LogP contribution in [-0.2, 0) is 28.7 Å². The van der Waals surface area contributed by atoms with Gasteiger partial charge >= 0.3 is 11.9 Å². The Labute approximate surface area is 210 Å². The number of fused-ring (bicyclic) bond motifs is 5. The second-order valence-corrected chi connectivity index (χ2v) is 12.0. The van der Waals surface area contributed by atoms with Crippen molar-refractivity contribution in [2.45, 2.75) is 76.2 Å². The van der Waals surface area contributed by atoms with Gasteiger partial charge < -0.3 is 9.47 Å². The third-order valence-corrected chi connectivity index (χ3v) is 10.8. The van der Waals surface area contributed by atoms with Gasteiger partial charge in [-0.3, -0.25) is 19.2 Å². The molecule has 8 heteroatoms. The number of esters is 2. The molecule has 0 aromatic heterocycles. The molecule has 0 heterocycles. The topological polar surface area (TPSA) is 86.7 Å². The fourth-order valence-electron chi connectivity index (χ4n) is 7.83. The molecular weight excluding hydrogens is 479 g/mol. The monoisotopic (exact) mass is 510 g/mol. The highest BCUT2D eigenvalue weighted by Gasteiger charge is 2.76. The molecule has 0 spiro atoms. The van der Waals surface area contributed by atoms with Crippen molar-refractivity contribution in [3.05, 3.63) is 23.8 Å². The van der Waals surface area contributed by atoms with E-state index in [-0.39, 0.29) is 23.5 Å². The smallest absolute Gasteiger partial charge is 0.303 e. The molecule has 4 aliphatic rings. The molecule has 0 aliphatic heterocycles. The van der Waals surface area contributed by atoms with Crippen molar-refractivity contribution < 1.29 is 28.7 Å². The Hall–Kier alpha value is -1.66. The molecular formula is C26H32Cl2O6. The van der Waals surface area contributed by atoms with Gasteiger partial charge in [0.05, 0.1) is 10.3 Å². The maximum Gasteiger partial charge on any atom is 0.303 e. The van der Waals surface area contributed by atoms with Gasteiger partial charge in [-0.05, 0) is 49.7 Å². The van der Waals surface area contributed by atoms with Crippen molar-refractivity contribution in [1.29, 1.82) is 0 Å². The summed E-state index contributed by atoms with van der Waals surface area (Å²) < 4.78 is 11.0. The molecule has 0 saturated heterocycles. The zero-order valence-electron chi connectivity index (χ0n) is 20.3. The van der Waals surface area contributed by atoms with E-state index in [4.69, 9.17) is 32.7 Å². The van der Waals surface area contributed by atoms with E-state index in [1.807, 2.05) is 26.8 Å². The summed E-state index contributed by atoms with van der Waals surface area (Å²) in [7, 11) is 0. The highest BCUT2D eigenvalue weighted by Crippen LogP contribution is 2.72. The van der Waals surface area contributed by atoms with E-state index in [9.17, 15) is 19.2 Å². The number of halogens is 2. The predicted molar refractivity (Wildman–Crippen MR) is 127 cm³/mol. The summed E-state index contributed by atoms with van der Waals surface area (Å²) in [6.07, 6.45) is 7.53. The average Bonchev–Trinajstić information content (AvgIpc) is 2.95. The van der Waals surface area contributed by atoms with Crippen LogP contribution in [0, 0.1) is 28.6 Å². The van der Waals surface area contributed by atoms with Crippen LogP contribution in [0.5, 0.6) is 0 Å². The van der Waals surface area contributed by atoms with Crippen molar-refractivity contribution in [2.75, 3.05) is 6.61 Å². The number of carbonyl (C=O) groups excluding carboxylic acids is 4. The minimum absolute atomic E-state index is 0.0441. The van der Waals surface area contributed by atoms with Gasteiger partial charge in [0, 0.05) is 30.6 Å². The molecule has 6 nitrogen and oxygen atoms in total. The minimum atomic E-state index is -1.47. The Morgan fingerprint density at radius 3 is 2.44 bits per heavy atom. The quantitative estimate of drug-likeness (QED) is 0.407. The zero-order valence-corrected chi connectivity index (χ0v) is 21.8. The molecule has 186 valence electrons. The molecule has 0 bridgehead atoms.